The fourth-order valence-electron chi connectivity index (χ4n) is 3.33. The number of carbonyl (C=O) groups is 1. The van der Waals surface area contributed by atoms with Gasteiger partial charge in [-0.3, -0.25) is 9.78 Å². The molecule has 100 valence electrons. The number of nitrogens with zero attached hydrogens (tertiary/aromatic N) is 1. The van der Waals surface area contributed by atoms with Crippen LogP contribution in [0.2, 0.25) is 0 Å². The Balaban J connectivity index is 1.68. The molecule has 1 aromatic carbocycles. The molecule has 0 saturated carbocycles. The Labute approximate surface area is 118 Å². The summed E-state index contributed by atoms with van der Waals surface area (Å²) in [5.74, 6) is 0.163. The topological polar surface area (TPSA) is 42.0 Å². The number of nitrogens with one attached hydrogen (secondary N) is 1. The Morgan fingerprint density at radius 2 is 2.15 bits per heavy atom. The lowest BCUT2D eigenvalue weighted by atomic mass is 9.94. The molecule has 0 fully saturated rings. The molecule has 2 aliphatic rings. The minimum Gasteiger partial charge on any atom is -0.384 e. The Bertz CT molecular complexity index is 693. The summed E-state index contributed by atoms with van der Waals surface area (Å²) in [6.07, 6.45) is 4.65. The molecule has 2 heterocycles. The predicted molar refractivity (Wildman–Crippen MR) is 78.3 cm³/mol. The maximum atomic E-state index is 12.7. The highest BCUT2D eigenvalue weighted by molar-refractivity contribution is 6.01. The number of benzene rings is 1. The molecule has 1 aliphatic heterocycles. The number of anilines is 1. The average Bonchev–Trinajstić information content (AvgIpc) is 3.12. The average molecular weight is 264 g/mol. The summed E-state index contributed by atoms with van der Waals surface area (Å²) in [7, 11) is 0. The molecule has 4 rings (SSSR count). The molecule has 1 N–H and O–H groups in total. The van der Waals surface area contributed by atoms with Crippen LogP contribution in [0.3, 0.4) is 0 Å². The van der Waals surface area contributed by atoms with Crippen LogP contribution >= 0.6 is 0 Å². The van der Waals surface area contributed by atoms with Crippen LogP contribution in [0.15, 0.2) is 36.5 Å². The van der Waals surface area contributed by atoms with Crippen molar-refractivity contribution in [2.45, 2.75) is 25.2 Å². The van der Waals surface area contributed by atoms with Gasteiger partial charge in [0.25, 0.3) is 0 Å². The number of fused-ring (bicyclic) bond motifs is 2. The maximum absolute atomic E-state index is 12.7. The van der Waals surface area contributed by atoms with E-state index >= 15 is 0 Å². The summed E-state index contributed by atoms with van der Waals surface area (Å²) >= 11 is 0. The summed E-state index contributed by atoms with van der Waals surface area (Å²) < 4.78 is 0. The predicted octanol–water partition coefficient (Wildman–Crippen LogP) is 2.96. The van der Waals surface area contributed by atoms with Gasteiger partial charge in [-0.2, -0.15) is 0 Å². The van der Waals surface area contributed by atoms with Crippen molar-refractivity contribution >= 4 is 11.5 Å². The Kier molecular flexibility index (Phi) is 2.59. The molecular formula is C17H16N2O. The van der Waals surface area contributed by atoms with Gasteiger partial charge in [0.15, 0.2) is 5.78 Å². The lowest BCUT2D eigenvalue weighted by Crippen LogP contribution is -2.11. The van der Waals surface area contributed by atoms with Crippen molar-refractivity contribution in [1.82, 2.24) is 4.98 Å². The van der Waals surface area contributed by atoms with E-state index in [2.05, 4.69) is 22.4 Å². The van der Waals surface area contributed by atoms with E-state index < -0.39 is 0 Å². The Hall–Kier alpha value is -2.16. The molecule has 0 bridgehead atoms. The number of hydrogen-bond donors (Lipinski definition) is 1. The quantitative estimate of drug-likeness (QED) is 0.848. The number of rotatable bonds is 2. The summed E-state index contributed by atoms with van der Waals surface area (Å²) in [6, 6.07) is 10.1. The van der Waals surface area contributed by atoms with Crippen LogP contribution in [0, 0.1) is 0 Å². The zero-order valence-corrected chi connectivity index (χ0v) is 11.2. The van der Waals surface area contributed by atoms with Gasteiger partial charge in [-0.05, 0) is 54.7 Å². The maximum Gasteiger partial charge on any atom is 0.171 e. The zero-order valence-electron chi connectivity index (χ0n) is 11.2. The van der Waals surface area contributed by atoms with Gasteiger partial charge in [0.2, 0.25) is 0 Å². The SMILES string of the molecule is O=C(c1ccc2c(c1)CCN2)C1CCc2cccnc21. The highest BCUT2D eigenvalue weighted by Crippen LogP contribution is 2.34. The van der Waals surface area contributed by atoms with Crippen molar-refractivity contribution in [2.75, 3.05) is 11.9 Å². The number of carbonyl (C=O) groups excluding carboxylic acids is 1. The molecular weight excluding hydrogens is 248 g/mol. The number of aryl methyl sites for hydroxylation is 1. The summed E-state index contributed by atoms with van der Waals surface area (Å²) in [4.78, 5) is 17.2. The summed E-state index contributed by atoms with van der Waals surface area (Å²) in [5, 5.41) is 3.33. The fourth-order valence-corrected chi connectivity index (χ4v) is 3.33. The zero-order chi connectivity index (χ0) is 13.5. The molecule has 1 aromatic heterocycles. The van der Waals surface area contributed by atoms with Gasteiger partial charge >= 0.3 is 0 Å². The van der Waals surface area contributed by atoms with Gasteiger partial charge in [-0.15, -0.1) is 0 Å². The van der Waals surface area contributed by atoms with Crippen molar-refractivity contribution in [3.05, 3.63) is 58.9 Å². The molecule has 3 nitrogen and oxygen atoms in total. The molecule has 1 atom stereocenters. The standard InChI is InChI=1S/C17H16N2O/c20-17(13-4-6-15-12(10-13)7-9-18-15)14-5-3-11-2-1-8-19-16(11)14/h1-2,4,6,8,10,14,18H,3,5,7,9H2. The fraction of sp³-hybridized carbons (Fsp3) is 0.294. The molecule has 0 amide bonds. The van der Waals surface area contributed by atoms with Gasteiger partial charge in [0.05, 0.1) is 11.6 Å². The van der Waals surface area contributed by atoms with Crippen molar-refractivity contribution in [3.63, 3.8) is 0 Å². The highest BCUT2D eigenvalue weighted by Gasteiger charge is 2.30. The van der Waals surface area contributed by atoms with E-state index in [0.717, 1.165) is 37.1 Å². The van der Waals surface area contributed by atoms with Gasteiger partial charge in [-0.1, -0.05) is 6.07 Å². The number of aromatic nitrogens is 1. The third-order valence-electron chi connectivity index (χ3n) is 4.37. The lowest BCUT2D eigenvalue weighted by molar-refractivity contribution is 0.0958. The lowest BCUT2D eigenvalue weighted by Gasteiger charge is -2.10. The van der Waals surface area contributed by atoms with Crippen molar-refractivity contribution in [2.24, 2.45) is 0 Å². The first-order chi connectivity index (χ1) is 9.83. The molecule has 0 radical (unpaired) electrons. The van der Waals surface area contributed by atoms with E-state index in [-0.39, 0.29) is 11.7 Å². The van der Waals surface area contributed by atoms with Crippen LogP contribution in [0.25, 0.3) is 0 Å². The first-order valence-corrected chi connectivity index (χ1v) is 7.18. The van der Waals surface area contributed by atoms with Crippen LogP contribution in [0.1, 0.15) is 39.5 Å². The van der Waals surface area contributed by atoms with Gasteiger partial charge in [0.1, 0.15) is 0 Å². The minimum atomic E-state index is -0.0568. The number of ketones is 1. The second kappa shape index (κ2) is 4.44. The third kappa shape index (κ3) is 1.73. The summed E-state index contributed by atoms with van der Waals surface area (Å²) in [5.41, 5.74) is 5.47. The van der Waals surface area contributed by atoms with Gasteiger partial charge < -0.3 is 5.32 Å². The summed E-state index contributed by atoms with van der Waals surface area (Å²) in [6.45, 7) is 0.973. The van der Waals surface area contributed by atoms with Crippen LogP contribution in [-0.4, -0.2) is 17.3 Å². The monoisotopic (exact) mass is 264 g/mol. The molecule has 20 heavy (non-hydrogen) atoms. The van der Waals surface area contributed by atoms with Gasteiger partial charge in [-0.25, -0.2) is 0 Å². The van der Waals surface area contributed by atoms with E-state index in [1.807, 2.05) is 18.2 Å². The number of Topliss-reactive ketones (excluding diaryl/α,β-unsaturated/α-hetero) is 1. The molecule has 1 unspecified atom stereocenters. The van der Waals surface area contributed by atoms with E-state index in [1.54, 1.807) is 6.20 Å². The number of pyridine rings is 1. The van der Waals surface area contributed by atoms with E-state index in [4.69, 9.17) is 0 Å². The normalized spacial score (nSPS) is 19.3. The van der Waals surface area contributed by atoms with Crippen molar-refractivity contribution in [1.29, 1.82) is 0 Å². The Morgan fingerprint density at radius 3 is 3.10 bits per heavy atom. The molecule has 1 aliphatic carbocycles. The smallest absolute Gasteiger partial charge is 0.171 e. The van der Waals surface area contributed by atoms with Crippen LogP contribution in [-0.2, 0) is 12.8 Å². The van der Waals surface area contributed by atoms with Crippen molar-refractivity contribution < 1.29 is 4.79 Å². The molecule has 2 aromatic rings. The van der Waals surface area contributed by atoms with Crippen LogP contribution in [0.5, 0.6) is 0 Å². The molecule has 0 saturated heterocycles. The second-order valence-corrected chi connectivity index (χ2v) is 5.55. The molecule has 0 spiro atoms. The molecule has 3 heteroatoms. The first-order valence-electron chi connectivity index (χ1n) is 7.18. The van der Waals surface area contributed by atoms with E-state index in [9.17, 15) is 4.79 Å². The first kappa shape index (κ1) is 11.6. The van der Waals surface area contributed by atoms with Crippen molar-refractivity contribution in [3.8, 4) is 0 Å². The minimum absolute atomic E-state index is 0.0568. The third-order valence-corrected chi connectivity index (χ3v) is 4.37. The van der Waals surface area contributed by atoms with E-state index in [1.165, 1.54) is 16.8 Å². The highest BCUT2D eigenvalue weighted by atomic mass is 16.1. The second-order valence-electron chi connectivity index (χ2n) is 5.55. The van der Waals surface area contributed by atoms with E-state index in [0.29, 0.717) is 0 Å². The van der Waals surface area contributed by atoms with Gasteiger partial charge in [0, 0.05) is 24.0 Å². The van der Waals surface area contributed by atoms with Crippen LogP contribution in [0.4, 0.5) is 5.69 Å². The Morgan fingerprint density at radius 1 is 1.20 bits per heavy atom. The van der Waals surface area contributed by atoms with Crippen LogP contribution < -0.4 is 5.32 Å². The largest absolute Gasteiger partial charge is 0.384 e. The number of hydrogen-bond acceptors (Lipinski definition) is 3.